The predicted octanol–water partition coefficient (Wildman–Crippen LogP) is 5.24. The molecule has 0 bridgehead atoms. The molecule has 0 radical (unpaired) electrons. The van der Waals surface area contributed by atoms with Gasteiger partial charge in [0.2, 0.25) is 0 Å². The van der Waals surface area contributed by atoms with Crippen LogP contribution in [-0.4, -0.2) is 6.61 Å². The number of halogens is 1. The van der Waals surface area contributed by atoms with Crippen LogP contribution in [0.15, 0.2) is 53.0 Å². The van der Waals surface area contributed by atoms with E-state index in [1.807, 2.05) is 24.3 Å². The first-order valence-corrected chi connectivity index (χ1v) is 7.78. The van der Waals surface area contributed by atoms with Crippen LogP contribution in [0.25, 0.3) is 0 Å². The molecule has 2 aromatic carbocycles. The minimum absolute atomic E-state index is 0.798. The van der Waals surface area contributed by atoms with Gasteiger partial charge in [-0.1, -0.05) is 47.5 Å². The first-order valence-electron chi connectivity index (χ1n) is 6.99. The van der Waals surface area contributed by atoms with E-state index in [4.69, 9.17) is 4.74 Å². The zero-order valence-electron chi connectivity index (χ0n) is 11.7. The van der Waals surface area contributed by atoms with Gasteiger partial charge in [-0.05, 0) is 42.3 Å². The lowest BCUT2D eigenvalue weighted by Gasteiger charge is -2.09. The van der Waals surface area contributed by atoms with Gasteiger partial charge in [-0.3, -0.25) is 0 Å². The number of hydrogen-bond acceptors (Lipinski definition) is 2. The van der Waals surface area contributed by atoms with E-state index in [1.54, 1.807) is 0 Å². The van der Waals surface area contributed by atoms with Gasteiger partial charge in [0.25, 0.3) is 0 Å². The third-order valence-corrected chi connectivity index (χ3v) is 3.50. The molecule has 0 unspecified atom stereocenters. The highest BCUT2D eigenvalue weighted by molar-refractivity contribution is 9.10. The van der Waals surface area contributed by atoms with Crippen molar-refractivity contribution < 1.29 is 4.74 Å². The molecule has 0 atom stereocenters. The number of unbranched alkanes of at least 4 members (excludes halogenated alkanes) is 1. The summed E-state index contributed by atoms with van der Waals surface area (Å²) in [5, 5.41) is 3.40. The van der Waals surface area contributed by atoms with E-state index in [0.29, 0.717) is 0 Å². The molecule has 0 spiro atoms. The fourth-order valence-electron chi connectivity index (χ4n) is 1.84. The molecule has 0 heterocycles. The van der Waals surface area contributed by atoms with Gasteiger partial charge in [0.1, 0.15) is 5.75 Å². The normalized spacial score (nSPS) is 10.3. The summed E-state index contributed by atoms with van der Waals surface area (Å²) in [4.78, 5) is 0. The van der Waals surface area contributed by atoms with Gasteiger partial charge >= 0.3 is 0 Å². The molecule has 2 rings (SSSR count). The first kappa shape index (κ1) is 14.9. The van der Waals surface area contributed by atoms with Gasteiger partial charge in [-0.2, -0.15) is 0 Å². The van der Waals surface area contributed by atoms with Crippen LogP contribution in [0.1, 0.15) is 25.3 Å². The number of rotatable bonds is 7. The molecule has 0 aliphatic rings. The van der Waals surface area contributed by atoms with Crippen LogP contribution in [0.5, 0.6) is 5.75 Å². The Labute approximate surface area is 129 Å². The fraction of sp³-hybridized carbons (Fsp3) is 0.294. The molecule has 3 heteroatoms. The van der Waals surface area contributed by atoms with Crippen LogP contribution in [-0.2, 0) is 6.54 Å². The SMILES string of the molecule is CCCCOc1ccc(CNc2cccc(Br)c2)cc1. The quantitative estimate of drug-likeness (QED) is 0.699. The van der Waals surface area contributed by atoms with Crippen LogP contribution in [0.4, 0.5) is 5.69 Å². The van der Waals surface area contributed by atoms with Crippen molar-refractivity contribution >= 4 is 21.6 Å². The van der Waals surface area contributed by atoms with Crippen molar-refractivity contribution in [2.75, 3.05) is 11.9 Å². The summed E-state index contributed by atoms with van der Waals surface area (Å²) in [5.74, 6) is 0.949. The van der Waals surface area contributed by atoms with Gasteiger partial charge in [-0.25, -0.2) is 0 Å². The van der Waals surface area contributed by atoms with Crippen molar-refractivity contribution in [2.45, 2.75) is 26.3 Å². The first-order chi connectivity index (χ1) is 9.78. The van der Waals surface area contributed by atoms with E-state index >= 15 is 0 Å². The third kappa shape index (κ3) is 4.89. The predicted molar refractivity (Wildman–Crippen MR) is 88.3 cm³/mol. The van der Waals surface area contributed by atoms with Gasteiger partial charge in [0.05, 0.1) is 6.61 Å². The van der Waals surface area contributed by atoms with Crippen LogP contribution in [0, 0.1) is 0 Å². The van der Waals surface area contributed by atoms with E-state index in [2.05, 4.69) is 52.4 Å². The Hall–Kier alpha value is -1.48. The van der Waals surface area contributed by atoms with Crippen LogP contribution in [0.3, 0.4) is 0 Å². The Morgan fingerprint density at radius 2 is 1.90 bits per heavy atom. The average Bonchev–Trinajstić information content (AvgIpc) is 2.47. The summed E-state index contributed by atoms with van der Waals surface area (Å²) in [7, 11) is 0. The lowest BCUT2D eigenvalue weighted by molar-refractivity contribution is 0.309. The number of nitrogens with one attached hydrogen (secondary N) is 1. The molecule has 0 amide bonds. The van der Waals surface area contributed by atoms with Crippen LogP contribution in [0.2, 0.25) is 0 Å². The van der Waals surface area contributed by atoms with Gasteiger partial charge < -0.3 is 10.1 Å². The van der Waals surface area contributed by atoms with Crippen LogP contribution < -0.4 is 10.1 Å². The maximum absolute atomic E-state index is 5.65. The Kier molecular flexibility index (Phi) is 5.93. The molecule has 0 saturated carbocycles. The minimum atomic E-state index is 0.798. The summed E-state index contributed by atoms with van der Waals surface area (Å²) >= 11 is 3.47. The van der Waals surface area contributed by atoms with Crippen molar-refractivity contribution in [3.63, 3.8) is 0 Å². The summed E-state index contributed by atoms with van der Waals surface area (Å²) < 4.78 is 6.74. The monoisotopic (exact) mass is 333 g/mol. The minimum Gasteiger partial charge on any atom is -0.494 e. The third-order valence-electron chi connectivity index (χ3n) is 3.01. The highest BCUT2D eigenvalue weighted by Crippen LogP contribution is 2.17. The second-order valence-corrected chi connectivity index (χ2v) is 5.63. The molecule has 0 aromatic heterocycles. The van der Waals surface area contributed by atoms with Gasteiger partial charge in [0.15, 0.2) is 0 Å². The van der Waals surface area contributed by atoms with E-state index in [0.717, 1.165) is 41.9 Å². The summed E-state index contributed by atoms with van der Waals surface area (Å²) in [6.45, 7) is 3.78. The molecule has 0 fully saturated rings. The maximum Gasteiger partial charge on any atom is 0.119 e. The van der Waals surface area contributed by atoms with Crippen LogP contribution >= 0.6 is 15.9 Å². The van der Waals surface area contributed by atoms with Crippen molar-refractivity contribution in [1.29, 1.82) is 0 Å². The number of benzene rings is 2. The van der Waals surface area contributed by atoms with Gasteiger partial charge in [0, 0.05) is 16.7 Å². The fourth-order valence-corrected chi connectivity index (χ4v) is 2.24. The van der Waals surface area contributed by atoms with E-state index < -0.39 is 0 Å². The molecule has 2 aromatic rings. The summed E-state index contributed by atoms with van der Waals surface area (Å²) in [6.07, 6.45) is 2.26. The number of anilines is 1. The highest BCUT2D eigenvalue weighted by atomic mass is 79.9. The number of hydrogen-bond donors (Lipinski definition) is 1. The molecule has 0 aliphatic carbocycles. The Balaban J connectivity index is 1.84. The summed E-state index contributed by atoms with van der Waals surface area (Å²) in [5.41, 5.74) is 2.36. The van der Waals surface area contributed by atoms with Crippen molar-refractivity contribution in [1.82, 2.24) is 0 Å². The lowest BCUT2D eigenvalue weighted by Crippen LogP contribution is -2.00. The zero-order chi connectivity index (χ0) is 14.2. The average molecular weight is 334 g/mol. The largest absolute Gasteiger partial charge is 0.494 e. The molecular weight excluding hydrogens is 314 g/mol. The van der Waals surface area contributed by atoms with Crippen molar-refractivity contribution in [3.05, 3.63) is 58.6 Å². The Morgan fingerprint density at radius 3 is 2.60 bits per heavy atom. The molecule has 0 saturated heterocycles. The maximum atomic E-state index is 5.65. The molecule has 20 heavy (non-hydrogen) atoms. The van der Waals surface area contributed by atoms with E-state index in [-0.39, 0.29) is 0 Å². The van der Waals surface area contributed by atoms with Gasteiger partial charge in [-0.15, -0.1) is 0 Å². The topological polar surface area (TPSA) is 21.3 Å². The standard InChI is InChI=1S/C17H20BrNO/c1-2-3-11-20-17-9-7-14(8-10-17)13-19-16-6-4-5-15(18)12-16/h4-10,12,19H,2-3,11,13H2,1H3. The smallest absolute Gasteiger partial charge is 0.119 e. The molecule has 2 nitrogen and oxygen atoms in total. The van der Waals surface area contributed by atoms with Crippen molar-refractivity contribution in [2.24, 2.45) is 0 Å². The number of ether oxygens (including phenoxy) is 1. The van der Waals surface area contributed by atoms with Crippen molar-refractivity contribution in [3.8, 4) is 5.75 Å². The molecule has 106 valence electrons. The molecule has 0 aliphatic heterocycles. The Morgan fingerprint density at radius 1 is 1.10 bits per heavy atom. The second-order valence-electron chi connectivity index (χ2n) is 4.71. The zero-order valence-corrected chi connectivity index (χ0v) is 13.3. The highest BCUT2D eigenvalue weighted by Gasteiger charge is 1.97. The van der Waals surface area contributed by atoms with E-state index in [9.17, 15) is 0 Å². The molecule has 1 N–H and O–H groups in total. The second kappa shape index (κ2) is 7.95. The lowest BCUT2D eigenvalue weighted by atomic mass is 10.2. The Bertz CT molecular complexity index is 525. The van der Waals surface area contributed by atoms with E-state index in [1.165, 1.54) is 5.56 Å². The molecular formula is C17H20BrNO. The summed E-state index contributed by atoms with van der Waals surface area (Å²) in [6, 6.07) is 16.5.